The van der Waals surface area contributed by atoms with E-state index in [-0.39, 0.29) is 18.9 Å². The second-order valence-electron chi connectivity index (χ2n) is 6.88. The van der Waals surface area contributed by atoms with Crippen LogP contribution < -0.4 is 14.8 Å². The normalized spacial score (nSPS) is 15.6. The van der Waals surface area contributed by atoms with E-state index in [1.165, 1.54) is 19.3 Å². The third-order valence-corrected chi connectivity index (χ3v) is 4.68. The van der Waals surface area contributed by atoms with Gasteiger partial charge in [0.15, 0.2) is 6.10 Å². The lowest BCUT2D eigenvalue weighted by Gasteiger charge is -2.22. The fraction of sp³-hybridized carbons (Fsp3) is 0.619. The van der Waals surface area contributed by atoms with E-state index in [9.17, 15) is 9.59 Å². The topological polar surface area (TPSA) is 73.9 Å². The predicted molar refractivity (Wildman–Crippen MR) is 103 cm³/mol. The van der Waals surface area contributed by atoms with Gasteiger partial charge in [0, 0.05) is 6.54 Å². The molecule has 0 aromatic heterocycles. The van der Waals surface area contributed by atoms with E-state index < -0.39 is 12.1 Å². The van der Waals surface area contributed by atoms with Crippen LogP contribution in [0.1, 0.15) is 52.4 Å². The number of rotatable bonds is 10. The molecule has 1 saturated carbocycles. The van der Waals surface area contributed by atoms with Crippen LogP contribution >= 0.6 is 0 Å². The zero-order valence-electron chi connectivity index (χ0n) is 16.4. The van der Waals surface area contributed by atoms with Gasteiger partial charge in [-0.1, -0.05) is 19.3 Å². The molecule has 1 aromatic rings. The molecule has 6 nitrogen and oxygen atoms in total. The SMILES string of the molecule is CCOc1ccc(OCCC(=O)OC(C)C(=O)NCC2CCCCC2)cc1. The largest absolute Gasteiger partial charge is 0.494 e. The Morgan fingerprint density at radius 1 is 1.07 bits per heavy atom. The minimum atomic E-state index is -0.786. The second kappa shape index (κ2) is 11.5. The van der Waals surface area contributed by atoms with Gasteiger partial charge in [-0.25, -0.2) is 0 Å². The number of ether oxygens (including phenoxy) is 3. The molecule has 0 radical (unpaired) electrons. The van der Waals surface area contributed by atoms with Crippen molar-refractivity contribution >= 4 is 11.9 Å². The van der Waals surface area contributed by atoms with Crippen LogP contribution in [0, 0.1) is 5.92 Å². The highest BCUT2D eigenvalue weighted by molar-refractivity contribution is 5.83. The molecule has 1 amide bonds. The lowest BCUT2D eigenvalue weighted by Crippen LogP contribution is -2.38. The van der Waals surface area contributed by atoms with E-state index in [1.54, 1.807) is 19.1 Å². The molecule has 0 bridgehead atoms. The van der Waals surface area contributed by atoms with Crippen LogP contribution in [-0.4, -0.2) is 37.7 Å². The van der Waals surface area contributed by atoms with Gasteiger partial charge >= 0.3 is 5.97 Å². The Kier molecular flexibility index (Phi) is 8.95. The molecule has 0 saturated heterocycles. The Morgan fingerprint density at radius 2 is 1.70 bits per heavy atom. The average molecular weight is 377 g/mol. The highest BCUT2D eigenvalue weighted by Gasteiger charge is 2.20. The first-order valence-corrected chi connectivity index (χ1v) is 9.91. The van der Waals surface area contributed by atoms with Crippen molar-refractivity contribution in [1.82, 2.24) is 5.32 Å². The molecule has 1 aliphatic rings. The van der Waals surface area contributed by atoms with Crippen molar-refractivity contribution in [2.24, 2.45) is 5.92 Å². The van der Waals surface area contributed by atoms with E-state index >= 15 is 0 Å². The summed E-state index contributed by atoms with van der Waals surface area (Å²) in [5.41, 5.74) is 0. The number of carbonyl (C=O) groups is 2. The van der Waals surface area contributed by atoms with Crippen LogP contribution in [0.3, 0.4) is 0 Å². The third kappa shape index (κ3) is 7.89. The molecular weight excluding hydrogens is 346 g/mol. The second-order valence-corrected chi connectivity index (χ2v) is 6.88. The van der Waals surface area contributed by atoms with Crippen LogP contribution in [0.4, 0.5) is 0 Å². The summed E-state index contributed by atoms with van der Waals surface area (Å²) in [5, 5.41) is 2.90. The molecule has 6 heteroatoms. The Morgan fingerprint density at radius 3 is 2.33 bits per heavy atom. The van der Waals surface area contributed by atoms with Gasteiger partial charge in [-0.05, 0) is 56.9 Å². The molecule has 1 fully saturated rings. The number of esters is 1. The highest BCUT2D eigenvalue weighted by Crippen LogP contribution is 2.22. The quantitative estimate of drug-likeness (QED) is 0.632. The summed E-state index contributed by atoms with van der Waals surface area (Å²) in [6.45, 7) is 5.00. The van der Waals surface area contributed by atoms with Crippen molar-refractivity contribution < 1.29 is 23.8 Å². The Hall–Kier alpha value is -2.24. The number of hydrogen-bond donors (Lipinski definition) is 1. The fourth-order valence-electron chi connectivity index (χ4n) is 3.14. The van der Waals surface area contributed by atoms with Crippen LogP contribution in [0.5, 0.6) is 11.5 Å². The van der Waals surface area contributed by atoms with Crippen LogP contribution in [-0.2, 0) is 14.3 Å². The van der Waals surface area contributed by atoms with Gasteiger partial charge in [0.25, 0.3) is 5.91 Å². The number of benzene rings is 1. The van der Waals surface area contributed by atoms with Crippen molar-refractivity contribution in [2.45, 2.75) is 58.5 Å². The molecule has 2 rings (SSSR count). The Balaban J connectivity index is 1.61. The van der Waals surface area contributed by atoms with E-state index in [2.05, 4.69) is 5.32 Å². The lowest BCUT2D eigenvalue weighted by atomic mass is 9.89. The molecule has 0 aliphatic heterocycles. The monoisotopic (exact) mass is 377 g/mol. The molecule has 27 heavy (non-hydrogen) atoms. The summed E-state index contributed by atoms with van der Waals surface area (Å²) in [6, 6.07) is 7.21. The van der Waals surface area contributed by atoms with E-state index in [0.29, 0.717) is 24.8 Å². The standard InChI is InChI=1S/C21H31NO5/c1-3-25-18-9-11-19(12-10-18)26-14-13-20(23)27-16(2)21(24)22-15-17-7-5-4-6-8-17/h9-12,16-17H,3-8,13-15H2,1-2H3,(H,22,24). The van der Waals surface area contributed by atoms with Gasteiger partial charge in [-0.2, -0.15) is 0 Å². The molecule has 1 N–H and O–H groups in total. The first-order valence-electron chi connectivity index (χ1n) is 9.91. The zero-order chi connectivity index (χ0) is 19.5. The van der Waals surface area contributed by atoms with Crippen molar-refractivity contribution in [3.05, 3.63) is 24.3 Å². The van der Waals surface area contributed by atoms with Gasteiger partial charge < -0.3 is 19.5 Å². The van der Waals surface area contributed by atoms with Crippen molar-refractivity contribution in [2.75, 3.05) is 19.8 Å². The van der Waals surface area contributed by atoms with Gasteiger partial charge in [0.2, 0.25) is 0 Å². The van der Waals surface area contributed by atoms with E-state index in [4.69, 9.17) is 14.2 Å². The Labute approximate surface area is 161 Å². The number of hydrogen-bond acceptors (Lipinski definition) is 5. The molecule has 150 valence electrons. The minimum absolute atomic E-state index is 0.0907. The predicted octanol–water partition coefficient (Wildman–Crippen LogP) is 3.48. The number of amides is 1. The number of carbonyl (C=O) groups excluding carboxylic acids is 2. The lowest BCUT2D eigenvalue weighted by molar-refractivity contribution is -0.155. The van der Waals surface area contributed by atoms with Crippen molar-refractivity contribution in [1.29, 1.82) is 0 Å². The molecule has 0 heterocycles. The van der Waals surface area contributed by atoms with Crippen LogP contribution in [0.15, 0.2) is 24.3 Å². The summed E-state index contributed by atoms with van der Waals surface area (Å²) in [6.07, 6.45) is 5.39. The molecule has 1 aromatic carbocycles. The van der Waals surface area contributed by atoms with Gasteiger partial charge in [-0.15, -0.1) is 0 Å². The summed E-state index contributed by atoms with van der Waals surface area (Å²) in [5.74, 6) is 1.30. The fourth-order valence-corrected chi connectivity index (χ4v) is 3.14. The molecule has 1 atom stereocenters. The summed E-state index contributed by atoms with van der Waals surface area (Å²) in [4.78, 5) is 24.0. The molecule has 1 aliphatic carbocycles. The van der Waals surface area contributed by atoms with Crippen molar-refractivity contribution in [3.63, 3.8) is 0 Å². The first kappa shape index (κ1) is 21.1. The maximum absolute atomic E-state index is 12.1. The molecule has 1 unspecified atom stereocenters. The van der Waals surface area contributed by atoms with E-state index in [1.807, 2.05) is 19.1 Å². The molecule has 0 spiro atoms. The molecular formula is C21H31NO5. The Bertz CT molecular complexity index is 581. The van der Waals surface area contributed by atoms with Gasteiger partial charge in [-0.3, -0.25) is 9.59 Å². The summed E-state index contributed by atoms with van der Waals surface area (Å²) in [7, 11) is 0. The van der Waals surface area contributed by atoms with Crippen LogP contribution in [0.25, 0.3) is 0 Å². The van der Waals surface area contributed by atoms with E-state index in [0.717, 1.165) is 18.6 Å². The summed E-state index contributed by atoms with van der Waals surface area (Å²) < 4.78 is 16.1. The van der Waals surface area contributed by atoms with Crippen LogP contribution in [0.2, 0.25) is 0 Å². The van der Waals surface area contributed by atoms with Gasteiger partial charge in [0.1, 0.15) is 11.5 Å². The van der Waals surface area contributed by atoms with Gasteiger partial charge in [0.05, 0.1) is 19.6 Å². The minimum Gasteiger partial charge on any atom is -0.494 e. The third-order valence-electron chi connectivity index (χ3n) is 4.68. The average Bonchev–Trinajstić information content (AvgIpc) is 2.68. The summed E-state index contributed by atoms with van der Waals surface area (Å²) >= 11 is 0. The zero-order valence-corrected chi connectivity index (χ0v) is 16.4. The maximum Gasteiger partial charge on any atom is 0.310 e. The first-order chi connectivity index (χ1) is 13.1. The maximum atomic E-state index is 12.1. The number of nitrogens with one attached hydrogen (secondary N) is 1. The van der Waals surface area contributed by atoms with Crippen molar-refractivity contribution in [3.8, 4) is 11.5 Å². The smallest absolute Gasteiger partial charge is 0.310 e. The highest BCUT2D eigenvalue weighted by atomic mass is 16.5.